The fraction of sp³-hybridized carbons (Fsp3) is 0.273. The van der Waals surface area contributed by atoms with Gasteiger partial charge in [-0.25, -0.2) is 4.79 Å². The Morgan fingerprint density at radius 2 is 2.12 bits per heavy atom. The van der Waals surface area contributed by atoms with E-state index in [1.54, 1.807) is 6.92 Å². The highest BCUT2D eigenvalue weighted by Crippen LogP contribution is 2.20. The van der Waals surface area contributed by atoms with Gasteiger partial charge in [-0.2, -0.15) is 0 Å². The third kappa shape index (κ3) is 3.37. The molecule has 1 amide bonds. The molecule has 0 radical (unpaired) electrons. The van der Waals surface area contributed by atoms with Crippen molar-refractivity contribution in [3.8, 4) is 5.75 Å². The number of nitrogens with two attached hydrogens (primary N) is 2. The lowest BCUT2D eigenvalue weighted by molar-refractivity contribution is -0.122. The minimum absolute atomic E-state index is 0.0142. The Kier molecular flexibility index (Phi) is 3.92. The third-order valence-corrected chi connectivity index (χ3v) is 2.24. The molecule has 0 aromatic heterocycles. The van der Waals surface area contributed by atoms with Crippen molar-refractivity contribution in [1.29, 1.82) is 0 Å². The largest absolute Gasteiger partial charge is 0.493 e. The minimum atomic E-state index is -1.10. The summed E-state index contributed by atoms with van der Waals surface area (Å²) in [7, 11) is 0. The molecule has 0 fully saturated rings. The van der Waals surface area contributed by atoms with E-state index >= 15 is 0 Å². The number of carbonyl (C=O) groups excluding carboxylic acids is 1. The van der Waals surface area contributed by atoms with Gasteiger partial charge in [-0.3, -0.25) is 4.79 Å². The first kappa shape index (κ1) is 12.8. The van der Waals surface area contributed by atoms with E-state index in [1.165, 1.54) is 18.2 Å². The number of nitrogen functional groups attached to an aromatic ring is 1. The molecule has 0 aliphatic heterocycles. The lowest BCUT2D eigenvalue weighted by Crippen LogP contribution is -2.25. The van der Waals surface area contributed by atoms with Gasteiger partial charge in [0.15, 0.2) is 0 Å². The molecule has 5 N–H and O–H groups in total. The van der Waals surface area contributed by atoms with Crippen LogP contribution in [0.15, 0.2) is 18.2 Å². The summed E-state index contributed by atoms with van der Waals surface area (Å²) in [6, 6.07) is 4.23. The van der Waals surface area contributed by atoms with E-state index in [4.69, 9.17) is 21.3 Å². The predicted molar refractivity (Wildman–Crippen MR) is 61.7 cm³/mol. The van der Waals surface area contributed by atoms with Crippen LogP contribution in [0, 0.1) is 5.92 Å². The second-order valence-corrected chi connectivity index (χ2v) is 3.67. The first-order valence-corrected chi connectivity index (χ1v) is 4.96. The molecule has 0 spiro atoms. The quantitative estimate of drug-likeness (QED) is 0.645. The molecule has 0 aliphatic carbocycles. The number of benzene rings is 1. The summed E-state index contributed by atoms with van der Waals surface area (Å²) in [5.74, 6) is -1.57. The van der Waals surface area contributed by atoms with Crippen LogP contribution in [0.25, 0.3) is 0 Å². The number of hydrogen-bond acceptors (Lipinski definition) is 4. The Bertz CT molecular complexity index is 445. The summed E-state index contributed by atoms with van der Waals surface area (Å²) in [6.07, 6.45) is 0. The highest BCUT2D eigenvalue weighted by molar-refractivity contribution is 5.93. The molecule has 0 saturated carbocycles. The van der Waals surface area contributed by atoms with Crippen LogP contribution in [0.3, 0.4) is 0 Å². The topological polar surface area (TPSA) is 116 Å². The van der Waals surface area contributed by atoms with E-state index in [0.29, 0.717) is 5.75 Å². The van der Waals surface area contributed by atoms with Gasteiger partial charge in [-0.1, -0.05) is 6.92 Å². The number of hydrogen-bond donors (Lipinski definition) is 3. The standard InChI is InChI=1S/C11H14N2O4/c1-6(10(13)14)5-17-7-2-3-8(11(15)16)9(12)4-7/h2-4,6H,5,12H2,1H3,(H2,13,14)(H,15,16). The van der Waals surface area contributed by atoms with E-state index in [9.17, 15) is 9.59 Å². The molecule has 1 unspecified atom stereocenters. The molecule has 1 atom stereocenters. The van der Waals surface area contributed by atoms with Gasteiger partial charge in [-0.05, 0) is 12.1 Å². The number of carbonyl (C=O) groups is 2. The molecule has 0 aliphatic rings. The highest BCUT2D eigenvalue weighted by atomic mass is 16.5. The Morgan fingerprint density at radius 3 is 2.59 bits per heavy atom. The number of ether oxygens (including phenoxy) is 1. The zero-order chi connectivity index (χ0) is 13.0. The fourth-order valence-electron chi connectivity index (χ4n) is 1.13. The van der Waals surface area contributed by atoms with Crippen molar-refractivity contribution in [2.24, 2.45) is 11.7 Å². The van der Waals surface area contributed by atoms with Crippen molar-refractivity contribution >= 4 is 17.6 Å². The molecule has 0 bridgehead atoms. The average molecular weight is 238 g/mol. The monoisotopic (exact) mass is 238 g/mol. The molecule has 1 rings (SSSR count). The number of amides is 1. The Morgan fingerprint density at radius 1 is 1.47 bits per heavy atom. The van der Waals surface area contributed by atoms with Crippen LogP contribution in [0.4, 0.5) is 5.69 Å². The van der Waals surface area contributed by atoms with E-state index in [0.717, 1.165) is 0 Å². The van der Waals surface area contributed by atoms with E-state index < -0.39 is 17.8 Å². The Labute approximate surface area is 98.2 Å². The van der Waals surface area contributed by atoms with E-state index in [2.05, 4.69) is 0 Å². The molecule has 0 heterocycles. The van der Waals surface area contributed by atoms with Crippen LogP contribution < -0.4 is 16.2 Å². The number of carboxylic acids is 1. The van der Waals surface area contributed by atoms with E-state index in [-0.39, 0.29) is 17.9 Å². The summed E-state index contributed by atoms with van der Waals surface area (Å²) in [5, 5.41) is 8.77. The van der Waals surface area contributed by atoms with Crippen LogP contribution in [0.1, 0.15) is 17.3 Å². The molecular weight excluding hydrogens is 224 g/mol. The zero-order valence-electron chi connectivity index (χ0n) is 9.34. The van der Waals surface area contributed by atoms with Crippen molar-refractivity contribution in [3.63, 3.8) is 0 Å². The van der Waals surface area contributed by atoms with Gasteiger partial charge in [0.1, 0.15) is 5.75 Å². The summed E-state index contributed by atoms with van der Waals surface area (Å²) in [5.41, 5.74) is 10.7. The van der Waals surface area contributed by atoms with Crippen molar-refractivity contribution in [2.45, 2.75) is 6.92 Å². The van der Waals surface area contributed by atoms with Crippen LogP contribution in [-0.4, -0.2) is 23.6 Å². The normalized spacial score (nSPS) is 11.8. The molecular formula is C11H14N2O4. The SMILES string of the molecule is CC(COc1ccc(C(=O)O)c(N)c1)C(N)=O. The summed E-state index contributed by atoms with van der Waals surface area (Å²) < 4.78 is 5.27. The second kappa shape index (κ2) is 5.20. The van der Waals surface area contributed by atoms with Gasteiger partial charge >= 0.3 is 5.97 Å². The van der Waals surface area contributed by atoms with Crippen molar-refractivity contribution in [1.82, 2.24) is 0 Å². The molecule has 6 heteroatoms. The number of aromatic carboxylic acids is 1. The van der Waals surface area contributed by atoms with Crippen molar-refractivity contribution in [3.05, 3.63) is 23.8 Å². The number of primary amides is 1. The first-order chi connectivity index (χ1) is 7.91. The molecule has 1 aromatic carbocycles. The van der Waals surface area contributed by atoms with Gasteiger partial charge in [0.2, 0.25) is 5.91 Å². The van der Waals surface area contributed by atoms with Crippen molar-refractivity contribution < 1.29 is 19.4 Å². The van der Waals surface area contributed by atoms with Gasteiger partial charge in [0.05, 0.1) is 18.1 Å². The van der Waals surface area contributed by atoms with Crippen LogP contribution >= 0.6 is 0 Å². The summed E-state index contributed by atoms with van der Waals surface area (Å²) >= 11 is 0. The van der Waals surface area contributed by atoms with Crippen molar-refractivity contribution in [2.75, 3.05) is 12.3 Å². The maximum atomic E-state index is 10.8. The maximum absolute atomic E-state index is 10.8. The van der Waals surface area contributed by atoms with E-state index in [1.807, 2.05) is 0 Å². The van der Waals surface area contributed by atoms with Crippen LogP contribution in [0.2, 0.25) is 0 Å². The molecule has 0 saturated heterocycles. The van der Waals surface area contributed by atoms with Crippen LogP contribution in [0.5, 0.6) is 5.75 Å². The third-order valence-electron chi connectivity index (χ3n) is 2.24. The first-order valence-electron chi connectivity index (χ1n) is 4.96. The molecule has 6 nitrogen and oxygen atoms in total. The van der Waals surface area contributed by atoms with Crippen LogP contribution in [-0.2, 0) is 4.79 Å². The summed E-state index contributed by atoms with van der Waals surface area (Å²) in [6.45, 7) is 1.76. The lowest BCUT2D eigenvalue weighted by atomic mass is 10.1. The fourth-order valence-corrected chi connectivity index (χ4v) is 1.13. The summed E-state index contributed by atoms with van der Waals surface area (Å²) in [4.78, 5) is 21.5. The predicted octanol–water partition coefficient (Wildman–Crippen LogP) is 0.467. The molecule has 17 heavy (non-hydrogen) atoms. The molecule has 92 valence electrons. The molecule has 1 aromatic rings. The number of anilines is 1. The van der Waals surface area contributed by atoms with Gasteiger partial charge in [-0.15, -0.1) is 0 Å². The number of carboxylic acid groups (broad SMARTS) is 1. The smallest absolute Gasteiger partial charge is 0.337 e. The second-order valence-electron chi connectivity index (χ2n) is 3.67. The number of rotatable bonds is 5. The Hall–Kier alpha value is -2.24. The lowest BCUT2D eigenvalue weighted by Gasteiger charge is -2.11. The van der Waals surface area contributed by atoms with Gasteiger partial charge in [0, 0.05) is 11.8 Å². The maximum Gasteiger partial charge on any atom is 0.337 e. The zero-order valence-corrected chi connectivity index (χ0v) is 9.34. The van der Waals surface area contributed by atoms with Gasteiger partial charge in [0.25, 0.3) is 0 Å². The average Bonchev–Trinajstić information content (AvgIpc) is 2.25. The van der Waals surface area contributed by atoms with Gasteiger partial charge < -0.3 is 21.3 Å². The minimum Gasteiger partial charge on any atom is -0.493 e. The highest BCUT2D eigenvalue weighted by Gasteiger charge is 2.11. The Balaban J connectivity index is 2.71.